The van der Waals surface area contributed by atoms with E-state index in [1.54, 1.807) is 40.8 Å². The Kier molecular flexibility index (Phi) is 7.54. The molecule has 1 aliphatic rings. The number of methoxy groups -OCH3 is 1. The van der Waals surface area contributed by atoms with Crippen LogP contribution >= 0.6 is 0 Å². The fraction of sp³-hybridized carbons (Fsp3) is 0.400. The van der Waals surface area contributed by atoms with E-state index in [9.17, 15) is 14.0 Å². The molecule has 2 heterocycles. The monoisotopic (exact) mass is 467 g/mol. The zero-order valence-corrected chi connectivity index (χ0v) is 19.5. The van der Waals surface area contributed by atoms with Crippen LogP contribution < -0.4 is 10.9 Å². The molecule has 0 aliphatic carbocycles. The molecule has 3 aromatic rings. The summed E-state index contributed by atoms with van der Waals surface area (Å²) in [5.41, 5.74) is 0.778. The van der Waals surface area contributed by atoms with Gasteiger partial charge in [-0.3, -0.25) is 14.3 Å². The number of anilines is 1. The largest absolute Gasteiger partial charge is 0.383 e. The van der Waals surface area contributed by atoms with Crippen LogP contribution in [0.2, 0.25) is 0 Å². The summed E-state index contributed by atoms with van der Waals surface area (Å²) in [5.74, 6) is 0.254. The molecule has 1 aliphatic heterocycles. The second-order valence-corrected chi connectivity index (χ2v) is 8.29. The van der Waals surface area contributed by atoms with Crippen LogP contribution in [-0.2, 0) is 11.3 Å². The van der Waals surface area contributed by atoms with Crippen LogP contribution in [0, 0.1) is 5.82 Å². The Balaban J connectivity index is 1.53. The van der Waals surface area contributed by atoms with Crippen molar-refractivity contribution in [2.24, 2.45) is 0 Å². The Morgan fingerprint density at radius 2 is 1.82 bits per heavy atom. The SMILES string of the molecule is CCC(c1nc2ccccc2c(=O)n1CCOC)N1CCN(C(=O)Nc2ccccc2F)CC1. The van der Waals surface area contributed by atoms with Crippen molar-refractivity contribution in [3.63, 3.8) is 0 Å². The van der Waals surface area contributed by atoms with Gasteiger partial charge < -0.3 is 15.0 Å². The predicted molar refractivity (Wildman–Crippen MR) is 129 cm³/mol. The summed E-state index contributed by atoms with van der Waals surface area (Å²) in [5, 5.41) is 3.24. The molecule has 0 radical (unpaired) electrons. The smallest absolute Gasteiger partial charge is 0.322 e. The highest BCUT2D eigenvalue weighted by molar-refractivity contribution is 5.89. The zero-order chi connectivity index (χ0) is 24.1. The molecule has 1 saturated heterocycles. The third-order valence-corrected chi connectivity index (χ3v) is 6.25. The van der Waals surface area contributed by atoms with Crippen LogP contribution in [-0.4, -0.2) is 65.3 Å². The number of aromatic nitrogens is 2. The average Bonchev–Trinajstić information content (AvgIpc) is 2.86. The van der Waals surface area contributed by atoms with E-state index in [-0.39, 0.29) is 23.3 Å². The molecule has 1 aromatic heterocycles. The first-order chi connectivity index (χ1) is 16.5. The minimum absolute atomic E-state index is 0.0704. The molecule has 0 bridgehead atoms. The summed E-state index contributed by atoms with van der Waals surface area (Å²) in [7, 11) is 1.61. The first-order valence-electron chi connectivity index (χ1n) is 11.6. The number of piperazine rings is 1. The van der Waals surface area contributed by atoms with Gasteiger partial charge in [0, 0.05) is 33.3 Å². The first-order valence-corrected chi connectivity index (χ1v) is 11.6. The van der Waals surface area contributed by atoms with E-state index in [1.807, 2.05) is 18.2 Å². The molecule has 9 heteroatoms. The summed E-state index contributed by atoms with van der Waals surface area (Å²) in [4.78, 5) is 34.7. The Hall–Kier alpha value is -3.30. The number of nitrogens with zero attached hydrogens (tertiary/aromatic N) is 4. The molecule has 0 saturated carbocycles. The summed E-state index contributed by atoms with van der Waals surface area (Å²) < 4.78 is 20.9. The standard InChI is InChI=1S/C25H30FN5O3/c1-3-22(23-27-20-10-6-4-8-18(20)24(32)31(23)16-17-34-2)29-12-14-30(15-13-29)25(33)28-21-11-7-5-9-19(21)26/h4-11,22H,3,12-17H2,1-2H3,(H,28,33). The van der Waals surface area contributed by atoms with Gasteiger partial charge >= 0.3 is 6.03 Å². The van der Waals surface area contributed by atoms with Crippen LogP contribution in [0.15, 0.2) is 53.3 Å². The van der Waals surface area contributed by atoms with Gasteiger partial charge in [-0.1, -0.05) is 31.2 Å². The van der Waals surface area contributed by atoms with Crippen molar-refractivity contribution >= 4 is 22.6 Å². The van der Waals surface area contributed by atoms with Crippen molar-refractivity contribution in [2.75, 3.05) is 45.2 Å². The van der Waals surface area contributed by atoms with Crippen molar-refractivity contribution in [3.05, 3.63) is 70.5 Å². The van der Waals surface area contributed by atoms with E-state index in [1.165, 1.54) is 6.07 Å². The lowest BCUT2D eigenvalue weighted by molar-refractivity contribution is 0.103. The Labute approximate surface area is 197 Å². The number of para-hydroxylation sites is 2. The van der Waals surface area contributed by atoms with E-state index in [4.69, 9.17) is 9.72 Å². The number of amides is 2. The quantitative estimate of drug-likeness (QED) is 0.576. The summed E-state index contributed by atoms with van der Waals surface area (Å²) in [6.07, 6.45) is 0.763. The number of hydrogen-bond acceptors (Lipinski definition) is 5. The first kappa shape index (κ1) is 23.8. The van der Waals surface area contributed by atoms with Gasteiger partial charge in [0.1, 0.15) is 11.6 Å². The molecule has 2 amide bonds. The molecule has 8 nitrogen and oxygen atoms in total. The van der Waals surface area contributed by atoms with Crippen LogP contribution in [0.25, 0.3) is 10.9 Å². The van der Waals surface area contributed by atoms with E-state index in [0.29, 0.717) is 56.1 Å². The molecule has 0 spiro atoms. The number of halogens is 1. The highest BCUT2D eigenvalue weighted by Crippen LogP contribution is 2.25. The molecule has 1 unspecified atom stereocenters. The maximum Gasteiger partial charge on any atom is 0.322 e. The second-order valence-electron chi connectivity index (χ2n) is 8.29. The van der Waals surface area contributed by atoms with E-state index in [0.717, 1.165) is 6.42 Å². The summed E-state index contributed by atoms with van der Waals surface area (Å²) >= 11 is 0. The Bertz CT molecular complexity index is 1210. The van der Waals surface area contributed by atoms with Gasteiger partial charge in [-0.15, -0.1) is 0 Å². The highest BCUT2D eigenvalue weighted by atomic mass is 19.1. The van der Waals surface area contributed by atoms with E-state index >= 15 is 0 Å². The van der Waals surface area contributed by atoms with E-state index in [2.05, 4.69) is 17.1 Å². The van der Waals surface area contributed by atoms with Crippen molar-refractivity contribution in [3.8, 4) is 0 Å². The zero-order valence-electron chi connectivity index (χ0n) is 19.5. The van der Waals surface area contributed by atoms with Crippen molar-refractivity contribution < 1.29 is 13.9 Å². The molecular weight excluding hydrogens is 437 g/mol. The van der Waals surface area contributed by atoms with Gasteiger partial charge in [0.2, 0.25) is 0 Å². The average molecular weight is 468 g/mol. The van der Waals surface area contributed by atoms with Gasteiger partial charge in [0.25, 0.3) is 5.56 Å². The van der Waals surface area contributed by atoms with Crippen LogP contribution in [0.5, 0.6) is 0 Å². The lowest BCUT2D eigenvalue weighted by Gasteiger charge is -2.39. The number of hydrogen-bond donors (Lipinski definition) is 1. The number of nitrogens with one attached hydrogen (secondary N) is 1. The second kappa shape index (κ2) is 10.8. The fourth-order valence-corrected chi connectivity index (χ4v) is 4.44. The number of carbonyl (C=O) groups is 1. The fourth-order valence-electron chi connectivity index (χ4n) is 4.44. The van der Waals surface area contributed by atoms with Crippen molar-refractivity contribution in [1.29, 1.82) is 0 Å². The van der Waals surface area contributed by atoms with Crippen LogP contribution in [0.4, 0.5) is 14.9 Å². The molecule has 1 N–H and O–H groups in total. The van der Waals surface area contributed by atoms with E-state index < -0.39 is 5.82 Å². The Morgan fingerprint density at radius 1 is 1.12 bits per heavy atom. The number of urea groups is 1. The van der Waals surface area contributed by atoms with Gasteiger partial charge in [0.05, 0.1) is 35.8 Å². The Morgan fingerprint density at radius 3 is 2.53 bits per heavy atom. The van der Waals surface area contributed by atoms with Crippen LogP contribution in [0.3, 0.4) is 0 Å². The van der Waals surface area contributed by atoms with Gasteiger partial charge in [0.15, 0.2) is 0 Å². The molecule has 1 fully saturated rings. The van der Waals surface area contributed by atoms with Crippen molar-refractivity contribution in [1.82, 2.24) is 19.4 Å². The lowest BCUT2D eigenvalue weighted by atomic mass is 10.1. The highest BCUT2D eigenvalue weighted by Gasteiger charge is 2.29. The molecule has 1 atom stereocenters. The molecule has 180 valence electrons. The molecule has 34 heavy (non-hydrogen) atoms. The number of fused-ring (bicyclic) bond motifs is 1. The maximum atomic E-state index is 13.9. The van der Waals surface area contributed by atoms with Gasteiger partial charge in [-0.05, 0) is 30.7 Å². The minimum atomic E-state index is -0.461. The molecule has 2 aromatic carbocycles. The van der Waals surface area contributed by atoms with Crippen LogP contribution in [0.1, 0.15) is 25.2 Å². The third-order valence-electron chi connectivity index (χ3n) is 6.25. The predicted octanol–water partition coefficient (Wildman–Crippen LogP) is 3.48. The molecule has 4 rings (SSSR count). The third kappa shape index (κ3) is 4.95. The van der Waals surface area contributed by atoms with Gasteiger partial charge in [-0.25, -0.2) is 14.2 Å². The normalized spacial score (nSPS) is 15.4. The number of ether oxygens (including phenoxy) is 1. The van der Waals surface area contributed by atoms with Gasteiger partial charge in [-0.2, -0.15) is 0 Å². The number of benzene rings is 2. The molecular formula is C25H30FN5O3. The lowest BCUT2D eigenvalue weighted by Crippen LogP contribution is -2.51. The number of rotatable bonds is 7. The van der Waals surface area contributed by atoms with Crippen molar-refractivity contribution in [2.45, 2.75) is 25.9 Å². The summed E-state index contributed by atoms with van der Waals surface area (Å²) in [6, 6.07) is 13.1. The summed E-state index contributed by atoms with van der Waals surface area (Å²) in [6.45, 7) is 5.13. The maximum absolute atomic E-state index is 13.9. The topological polar surface area (TPSA) is 79.7 Å². The minimum Gasteiger partial charge on any atom is -0.383 e. The number of carbonyl (C=O) groups excluding carboxylic acids is 1.